The van der Waals surface area contributed by atoms with E-state index in [1.54, 1.807) is 0 Å². The number of alkyl halides is 3. The van der Waals surface area contributed by atoms with Crippen molar-refractivity contribution in [2.75, 3.05) is 6.54 Å². The van der Waals surface area contributed by atoms with Crippen molar-refractivity contribution in [2.24, 2.45) is 5.73 Å². The Balaban J connectivity index is 0.000000395. The number of carbonyl (C=O) groups is 2. The van der Waals surface area contributed by atoms with Crippen LogP contribution in [0, 0.1) is 17.5 Å². The van der Waals surface area contributed by atoms with Gasteiger partial charge in [0.1, 0.15) is 5.82 Å². The number of carboxylic acids is 1. The Morgan fingerprint density at radius 1 is 0.975 bits per heavy atom. The number of amides is 1. The highest BCUT2D eigenvalue weighted by Crippen LogP contribution is 2.29. The van der Waals surface area contributed by atoms with Crippen LogP contribution in [0.2, 0.25) is 0 Å². The lowest BCUT2D eigenvalue weighted by Gasteiger charge is -2.29. The van der Waals surface area contributed by atoms with Gasteiger partial charge in [-0.15, -0.1) is 10.2 Å². The number of hydrogen-bond donors (Lipinski definition) is 1. The molecule has 14 heteroatoms. The number of nitrogens with two attached hydrogens (primary N) is 1. The molecule has 40 heavy (non-hydrogen) atoms. The normalized spacial score (nSPS) is 13.8. The van der Waals surface area contributed by atoms with E-state index in [4.69, 9.17) is 5.73 Å². The van der Waals surface area contributed by atoms with Gasteiger partial charge in [-0.25, -0.2) is 13.2 Å². The zero-order chi connectivity index (χ0) is 29.9. The molecule has 1 aliphatic rings. The molecule has 0 radical (unpaired) electrons. The maximum atomic E-state index is 13.7. The number of unbranched alkanes of at least 4 members (excludes halogenated alkanes) is 6. The predicted octanol–water partition coefficient (Wildman–Crippen LogP) is 3.89. The summed E-state index contributed by atoms with van der Waals surface area (Å²) >= 11 is 0. The van der Waals surface area contributed by atoms with E-state index in [0.717, 1.165) is 17.4 Å². The zero-order valence-electron chi connectivity index (χ0n) is 22.3. The molecule has 0 spiro atoms. The van der Waals surface area contributed by atoms with Crippen LogP contribution in [0.4, 0.5) is 26.3 Å². The molecule has 1 aromatic heterocycles. The summed E-state index contributed by atoms with van der Waals surface area (Å²) < 4.78 is 79.3. The van der Waals surface area contributed by atoms with Gasteiger partial charge in [0, 0.05) is 37.6 Å². The molecule has 1 amide bonds. The maximum Gasteiger partial charge on any atom is 0.451 e. The third-order valence-electron chi connectivity index (χ3n) is 6.35. The molecule has 1 atom stereocenters. The SMILES string of the molecule is CCCCCCCCCC(=O)[O-].N[C@@H](CC(=O)N1CCn2c(nnc2C(F)(F)F)C1)Cc1cc(F)c(F)cc1F. The first-order valence-corrected chi connectivity index (χ1v) is 13.2. The van der Waals surface area contributed by atoms with Crippen LogP contribution in [-0.4, -0.2) is 44.1 Å². The largest absolute Gasteiger partial charge is 0.550 e. The van der Waals surface area contributed by atoms with Crippen LogP contribution in [0.15, 0.2) is 12.1 Å². The van der Waals surface area contributed by atoms with E-state index < -0.39 is 47.4 Å². The van der Waals surface area contributed by atoms with Gasteiger partial charge in [0.2, 0.25) is 11.7 Å². The van der Waals surface area contributed by atoms with E-state index >= 15 is 0 Å². The van der Waals surface area contributed by atoms with Crippen LogP contribution >= 0.6 is 0 Å². The number of nitrogens with zero attached hydrogens (tertiary/aromatic N) is 4. The number of hydrogen-bond acceptors (Lipinski definition) is 6. The smallest absolute Gasteiger partial charge is 0.451 e. The summed E-state index contributed by atoms with van der Waals surface area (Å²) in [5.74, 6) is -6.06. The first kappa shape index (κ1) is 33.0. The number of fused-ring (bicyclic) bond motifs is 1. The van der Waals surface area contributed by atoms with Crippen molar-refractivity contribution in [3.63, 3.8) is 0 Å². The van der Waals surface area contributed by atoms with Crippen LogP contribution in [0.5, 0.6) is 0 Å². The van der Waals surface area contributed by atoms with E-state index in [1.165, 1.54) is 37.0 Å². The Hall–Kier alpha value is -3.16. The highest BCUT2D eigenvalue weighted by molar-refractivity contribution is 5.77. The van der Waals surface area contributed by atoms with E-state index in [0.29, 0.717) is 12.1 Å². The fourth-order valence-corrected chi connectivity index (χ4v) is 4.23. The Labute approximate surface area is 228 Å². The third kappa shape index (κ3) is 10.4. The van der Waals surface area contributed by atoms with Crippen molar-refractivity contribution in [3.05, 3.63) is 46.8 Å². The monoisotopic (exact) mass is 578 g/mol. The van der Waals surface area contributed by atoms with Gasteiger partial charge in [0.25, 0.3) is 0 Å². The van der Waals surface area contributed by atoms with Crippen molar-refractivity contribution in [1.29, 1.82) is 0 Å². The van der Waals surface area contributed by atoms with Crippen molar-refractivity contribution in [3.8, 4) is 0 Å². The number of halogens is 6. The molecule has 0 unspecified atom stereocenters. The highest BCUT2D eigenvalue weighted by atomic mass is 19.4. The van der Waals surface area contributed by atoms with Crippen LogP contribution in [0.25, 0.3) is 0 Å². The van der Waals surface area contributed by atoms with Gasteiger partial charge in [0.15, 0.2) is 17.5 Å². The lowest BCUT2D eigenvalue weighted by atomic mass is 10.0. The quantitative estimate of drug-likeness (QED) is 0.232. The second-order valence-electron chi connectivity index (χ2n) is 9.67. The summed E-state index contributed by atoms with van der Waals surface area (Å²) in [6.45, 7) is 1.89. The lowest BCUT2D eigenvalue weighted by Crippen LogP contribution is -2.42. The van der Waals surface area contributed by atoms with Crippen molar-refractivity contribution in [1.82, 2.24) is 19.7 Å². The van der Waals surface area contributed by atoms with Gasteiger partial charge in [-0.05, 0) is 30.9 Å². The Morgan fingerprint density at radius 3 is 2.23 bits per heavy atom. The number of carboxylic acid groups (broad SMARTS) is 1. The molecule has 0 fully saturated rings. The number of aliphatic carboxylic acids is 1. The molecule has 0 bridgehead atoms. The average molecular weight is 579 g/mol. The van der Waals surface area contributed by atoms with Gasteiger partial charge in [0.05, 0.1) is 6.54 Å². The van der Waals surface area contributed by atoms with Crippen LogP contribution in [0.3, 0.4) is 0 Å². The molecule has 1 aliphatic heterocycles. The Kier molecular flexibility index (Phi) is 12.9. The molecule has 1 aromatic carbocycles. The number of aromatic nitrogens is 3. The summed E-state index contributed by atoms with van der Waals surface area (Å²) in [5, 5.41) is 16.6. The highest BCUT2D eigenvalue weighted by Gasteiger charge is 2.40. The second kappa shape index (κ2) is 15.6. The molecular weight excluding hydrogens is 544 g/mol. The molecule has 0 saturated carbocycles. The molecule has 8 nitrogen and oxygen atoms in total. The first-order chi connectivity index (χ1) is 18.8. The van der Waals surface area contributed by atoms with Gasteiger partial charge < -0.3 is 25.1 Å². The van der Waals surface area contributed by atoms with Gasteiger partial charge in [-0.2, -0.15) is 13.2 Å². The fourth-order valence-electron chi connectivity index (χ4n) is 4.23. The molecule has 2 aromatic rings. The third-order valence-corrected chi connectivity index (χ3v) is 6.35. The molecule has 2 heterocycles. The Morgan fingerprint density at radius 2 is 1.60 bits per heavy atom. The minimum absolute atomic E-state index is 0.000783. The average Bonchev–Trinajstić information content (AvgIpc) is 3.31. The number of carbonyl (C=O) groups excluding carboxylic acids is 2. The van der Waals surface area contributed by atoms with E-state index in [-0.39, 0.29) is 50.3 Å². The molecular formula is C26H34F6N5O3-. The van der Waals surface area contributed by atoms with Gasteiger partial charge >= 0.3 is 6.18 Å². The predicted molar refractivity (Wildman–Crippen MR) is 131 cm³/mol. The topological polar surface area (TPSA) is 117 Å². The molecule has 2 N–H and O–H groups in total. The van der Waals surface area contributed by atoms with Crippen LogP contribution in [-0.2, 0) is 35.3 Å². The van der Waals surface area contributed by atoms with Crippen molar-refractivity contribution in [2.45, 2.75) is 96.4 Å². The minimum Gasteiger partial charge on any atom is -0.550 e. The molecule has 0 aliphatic carbocycles. The minimum atomic E-state index is -4.64. The van der Waals surface area contributed by atoms with Crippen molar-refractivity contribution < 1.29 is 41.0 Å². The standard InChI is InChI=1S/C16H15F6N5O.C10H20O2/c17-10-6-12(19)11(18)4-8(10)3-9(23)5-14(28)26-1-2-27-13(7-26)24-25-15(27)16(20,21)22;1-2-3-4-5-6-7-8-9-10(11)12/h4,6,9H,1-3,5,7,23H2;2-9H2,1H3,(H,11,12)/p-1/t9-;/m1./s1. The maximum absolute atomic E-state index is 13.7. The lowest BCUT2D eigenvalue weighted by molar-refractivity contribution is -0.305. The molecule has 0 saturated heterocycles. The van der Waals surface area contributed by atoms with Crippen LogP contribution < -0.4 is 10.8 Å². The first-order valence-electron chi connectivity index (χ1n) is 13.2. The fraction of sp³-hybridized carbons (Fsp3) is 0.615. The number of benzene rings is 1. The van der Waals surface area contributed by atoms with Gasteiger partial charge in [-0.3, -0.25) is 4.79 Å². The molecule has 3 rings (SSSR count). The van der Waals surface area contributed by atoms with Crippen molar-refractivity contribution >= 4 is 11.9 Å². The summed E-state index contributed by atoms with van der Waals surface area (Å²) in [6, 6.07) is 0.184. The summed E-state index contributed by atoms with van der Waals surface area (Å²) in [7, 11) is 0. The van der Waals surface area contributed by atoms with Gasteiger partial charge in [-0.1, -0.05) is 45.4 Å². The van der Waals surface area contributed by atoms with E-state index in [1.807, 2.05) is 0 Å². The summed E-state index contributed by atoms with van der Waals surface area (Å²) in [5.41, 5.74) is 5.64. The second-order valence-corrected chi connectivity index (χ2v) is 9.67. The summed E-state index contributed by atoms with van der Waals surface area (Å²) in [6.07, 6.45) is 3.24. The van der Waals surface area contributed by atoms with E-state index in [9.17, 15) is 41.0 Å². The zero-order valence-corrected chi connectivity index (χ0v) is 22.3. The summed E-state index contributed by atoms with van der Waals surface area (Å²) in [4.78, 5) is 23.6. The van der Waals surface area contributed by atoms with Crippen LogP contribution in [0.1, 0.15) is 81.9 Å². The Bertz CT molecular complexity index is 1120. The number of rotatable bonds is 12. The molecule has 224 valence electrons. The van der Waals surface area contributed by atoms with E-state index in [2.05, 4.69) is 17.1 Å².